The molecule has 4 N–H and O–H groups in total. The summed E-state index contributed by atoms with van der Waals surface area (Å²) in [6.07, 6.45) is 1.98. The van der Waals surface area contributed by atoms with Gasteiger partial charge in [-0.1, -0.05) is 0 Å². The van der Waals surface area contributed by atoms with Gasteiger partial charge in [0.25, 0.3) is 0 Å². The third-order valence-electron chi connectivity index (χ3n) is 2.15. The van der Waals surface area contributed by atoms with E-state index in [0.29, 0.717) is 0 Å². The van der Waals surface area contributed by atoms with Gasteiger partial charge in [0.2, 0.25) is 5.91 Å². The van der Waals surface area contributed by atoms with Gasteiger partial charge in [-0.15, -0.1) is 0 Å². The molecular formula is C7H14N2O2. The number of hydrogen-bond acceptors (Lipinski definition) is 3. The number of nitrogens with two attached hydrogens (primary N) is 2. The van der Waals surface area contributed by atoms with Crippen LogP contribution in [-0.4, -0.2) is 25.2 Å². The molecule has 0 radical (unpaired) electrons. The van der Waals surface area contributed by atoms with Crippen LogP contribution < -0.4 is 11.5 Å². The SMILES string of the molecule is COCC(N)(C(N)=O)C1CC1. The van der Waals surface area contributed by atoms with E-state index in [1.807, 2.05) is 0 Å². The maximum atomic E-state index is 10.9. The predicted octanol–water partition coefficient (Wildman–Crippen LogP) is -0.774. The number of primary amides is 1. The molecule has 0 aromatic rings. The zero-order chi connectivity index (χ0) is 8.48. The summed E-state index contributed by atoms with van der Waals surface area (Å²) in [5, 5.41) is 0. The molecule has 1 aliphatic rings. The Bertz CT molecular complexity index is 168. The first-order chi connectivity index (χ1) is 5.11. The van der Waals surface area contributed by atoms with Crippen molar-refractivity contribution in [3.05, 3.63) is 0 Å². The van der Waals surface area contributed by atoms with Crippen molar-refractivity contribution in [2.24, 2.45) is 17.4 Å². The zero-order valence-corrected chi connectivity index (χ0v) is 6.67. The maximum absolute atomic E-state index is 10.9. The van der Waals surface area contributed by atoms with Crippen LogP contribution >= 0.6 is 0 Å². The summed E-state index contributed by atoms with van der Waals surface area (Å²) in [6, 6.07) is 0. The van der Waals surface area contributed by atoms with Gasteiger partial charge in [-0.2, -0.15) is 0 Å². The molecule has 1 rings (SSSR count). The Balaban J connectivity index is 2.61. The van der Waals surface area contributed by atoms with Crippen LogP contribution in [0.1, 0.15) is 12.8 Å². The van der Waals surface area contributed by atoms with E-state index in [4.69, 9.17) is 16.2 Å². The van der Waals surface area contributed by atoms with Crippen molar-refractivity contribution in [2.45, 2.75) is 18.4 Å². The molecule has 64 valence electrons. The minimum absolute atomic E-state index is 0.229. The summed E-state index contributed by atoms with van der Waals surface area (Å²) >= 11 is 0. The number of methoxy groups -OCH3 is 1. The maximum Gasteiger partial charge on any atom is 0.240 e. The van der Waals surface area contributed by atoms with Gasteiger partial charge in [0, 0.05) is 7.11 Å². The van der Waals surface area contributed by atoms with Crippen LogP contribution in [0.25, 0.3) is 0 Å². The summed E-state index contributed by atoms with van der Waals surface area (Å²) in [5.74, 6) is -0.221. The Hall–Kier alpha value is -0.610. The highest BCUT2D eigenvalue weighted by atomic mass is 16.5. The quantitative estimate of drug-likeness (QED) is 0.563. The molecule has 1 atom stereocenters. The third-order valence-corrected chi connectivity index (χ3v) is 2.15. The first-order valence-corrected chi connectivity index (χ1v) is 3.69. The van der Waals surface area contributed by atoms with Gasteiger partial charge in [0.1, 0.15) is 5.54 Å². The fourth-order valence-electron chi connectivity index (χ4n) is 1.23. The molecule has 1 aliphatic carbocycles. The second-order valence-corrected chi connectivity index (χ2v) is 3.11. The van der Waals surface area contributed by atoms with Gasteiger partial charge in [0.05, 0.1) is 6.61 Å². The van der Waals surface area contributed by atoms with E-state index >= 15 is 0 Å². The van der Waals surface area contributed by atoms with Gasteiger partial charge in [-0.3, -0.25) is 4.79 Å². The molecule has 0 bridgehead atoms. The second-order valence-electron chi connectivity index (χ2n) is 3.11. The summed E-state index contributed by atoms with van der Waals surface area (Å²) in [6.45, 7) is 0.229. The van der Waals surface area contributed by atoms with E-state index < -0.39 is 11.4 Å². The van der Waals surface area contributed by atoms with Crippen LogP contribution in [0.2, 0.25) is 0 Å². The Morgan fingerprint density at radius 3 is 2.55 bits per heavy atom. The molecule has 0 aromatic carbocycles. The van der Waals surface area contributed by atoms with E-state index in [1.165, 1.54) is 7.11 Å². The van der Waals surface area contributed by atoms with Crippen molar-refractivity contribution >= 4 is 5.91 Å². The smallest absolute Gasteiger partial charge is 0.240 e. The van der Waals surface area contributed by atoms with Gasteiger partial charge in [-0.05, 0) is 18.8 Å². The predicted molar refractivity (Wildman–Crippen MR) is 40.7 cm³/mol. The van der Waals surface area contributed by atoms with Gasteiger partial charge < -0.3 is 16.2 Å². The van der Waals surface area contributed by atoms with Crippen molar-refractivity contribution in [1.82, 2.24) is 0 Å². The topological polar surface area (TPSA) is 78.3 Å². The number of amides is 1. The minimum Gasteiger partial charge on any atom is -0.382 e. The summed E-state index contributed by atoms with van der Waals surface area (Å²) < 4.78 is 4.84. The highest BCUT2D eigenvalue weighted by molar-refractivity contribution is 5.85. The van der Waals surface area contributed by atoms with Crippen LogP contribution in [0.5, 0.6) is 0 Å². The second kappa shape index (κ2) is 2.79. The normalized spacial score (nSPS) is 22.7. The van der Waals surface area contributed by atoms with Gasteiger partial charge >= 0.3 is 0 Å². The van der Waals surface area contributed by atoms with E-state index in [1.54, 1.807) is 0 Å². The monoisotopic (exact) mass is 158 g/mol. The first-order valence-electron chi connectivity index (χ1n) is 3.69. The highest BCUT2D eigenvalue weighted by Gasteiger charge is 2.46. The van der Waals surface area contributed by atoms with E-state index in [2.05, 4.69) is 0 Å². The average Bonchev–Trinajstić information content (AvgIpc) is 2.68. The Morgan fingerprint density at radius 1 is 1.73 bits per heavy atom. The average molecular weight is 158 g/mol. The lowest BCUT2D eigenvalue weighted by Crippen LogP contribution is -2.57. The van der Waals surface area contributed by atoms with Crippen LogP contribution in [-0.2, 0) is 9.53 Å². The van der Waals surface area contributed by atoms with Crippen LogP contribution in [0.15, 0.2) is 0 Å². The number of carbonyl (C=O) groups is 1. The molecular weight excluding hydrogens is 144 g/mol. The number of rotatable bonds is 4. The molecule has 0 spiro atoms. The number of ether oxygens (including phenoxy) is 1. The lowest BCUT2D eigenvalue weighted by molar-refractivity contribution is -0.125. The molecule has 0 heterocycles. The van der Waals surface area contributed by atoms with Crippen LogP contribution in [0.4, 0.5) is 0 Å². The lowest BCUT2D eigenvalue weighted by Gasteiger charge is -2.24. The van der Waals surface area contributed by atoms with Gasteiger partial charge in [0.15, 0.2) is 0 Å². The van der Waals surface area contributed by atoms with Crippen molar-refractivity contribution < 1.29 is 9.53 Å². The minimum atomic E-state index is -0.922. The van der Waals surface area contributed by atoms with Crippen molar-refractivity contribution in [3.63, 3.8) is 0 Å². The Labute approximate surface area is 65.9 Å². The fraction of sp³-hybridized carbons (Fsp3) is 0.857. The fourth-order valence-corrected chi connectivity index (χ4v) is 1.23. The molecule has 1 fully saturated rings. The summed E-state index contributed by atoms with van der Waals surface area (Å²) in [7, 11) is 1.52. The van der Waals surface area contributed by atoms with Crippen molar-refractivity contribution in [2.75, 3.05) is 13.7 Å². The number of hydrogen-bond donors (Lipinski definition) is 2. The zero-order valence-electron chi connectivity index (χ0n) is 6.67. The Morgan fingerprint density at radius 2 is 2.27 bits per heavy atom. The molecule has 11 heavy (non-hydrogen) atoms. The standard InChI is InChI=1S/C7H14N2O2/c1-11-4-7(9,6(8)10)5-2-3-5/h5H,2-4,9H2,1H3,(H2,8,10). The molecule has 4 heteroatoms. The number of carbonyl (C=O) groups excluding carboxylic acids is 1. The van der Waals surface area contributed by atoms with Crippen molar-refractivity contribution in [1.29, 1.82) is 0 Å². The van der Waals surface area contributed by atoms with E-state index in [0.717, 1.165) is 12.8 Å². The third kappa shape index (κ3) is 1.52. The molecule has 0 aromatic heterocycles. The van der Waals surface area contributed by atoms with Crippen molar-refractivity contribution in [3.8, 4) is 0 Å². The van der Waals surface area contributed by atoms with E-state index in [9.17, 15) is 4.79 Å². The molecule has 0 aliphatic heterocycles. The molecule has 1 unspecified atom stereocenters. The molecule has 4 nitrogen and oxygen atoms in total. The summed E-state index contributed by atoms with van der Waals surface area (Å²) in [5.41, 5.74) is 9.99. The summed E-state index contributed by atoms with van der Waals surface area (Å²) in [4.78, 5) is 10.9. The molecule has 1 saturated carbocycles. The lowest BCUT2D eigenvalue weighted by atomic mass is 9.95. The van der Waals surface area contributed by atoms with Gasteiger partial charge in [-0.25, -0.2) is 0 Å². The van der Waals surface area contributed by atoms with E-state index in [-0.39, 0.29) is 12.5 Å². The largest absolute Gasteiger partial charge is 0.382 e. The van der Waals surface area contributed by atoms with Crippen LogP contribution in [0.3, 0.4) is 0 Å². The Kier molecular flexibility index (Phi) is 2.15. The molecule has 1 amide bonds. The molecule has 0 saturated heterocycles. The first kappa shape index (κ1) is 8.49. The van der Waals surface area contributed by atoms with Crippen LogP contribution in [0, 0.1) is 5.92 Å². The highest BCUT2D eigenvalue weighted by Crippen LogP contribution is 2.38.